The van der Waals surface area contributed by atoms with Gasteiger partial charge in [0.1, 0.15) is 0 Å². The van der Waals surface area contributed by atoms with Crippen LogP contribution in [0.2, 0.25) is 0 Å². The molecule has 0 spiro atoms. The highest BCUT2D eigenvalue weighted by molar-refractivity contribution is 5.89. The summed E-state index contributed by atoms with van der Waals surface area (Å²) in [6.45, 7) is 5.36. The molecule has 0 aliphatic carbocycles. The second-order valence-electron chi connectivity index (χ2n) is 5.48. The molecule has 0 radical (unpaired) electrons. The minimum absolute atomic E-state index is 0.0764. The van der Waals surface area contributed by atoms with E-state index in [1.807, 2.05) is 9.80 Å². The van der Waals surface area contributed by atoms with Crippen molar-refractivity contribution in [2.75, 3.05) is 26.2 Å². The van der Waals surface area contributed by atoms with Crippen molar-refractivity contribution in [1.29, 1.82) is 0 Å². The lowest BCUT2D eigenvalue weighted by Gasteiger charge is -2.29. The number of piperidine rings is 1. The molecule has 2 aliphatic heterocycles. The van der Waals surface area contributed by atoms with Gasteiger partial charge in [-0.1, -0.05) is 13.3 Å². The highest BCUT2D eigenvalue weighted by Crippen LogP contribution is 2.22. The van der Waals surface area contributed by atoms with Crippen LogP contribution in [0.1, 0.15) is 45.4 Å². The van der Waals surface area contributed by atoms with Crippen LogP contribution in [-0.2, 0) is 9.59 Å². The SMILES string of the molecule is CCCCN1CC(C(=O)N2CCCCC2)CC1=O. The topological polar surface area (TPSA) is 40.6 Å². The summed E-state index contributed by atoms with van der Waals surface area (Å²) < 4.78 is 0. The van der Waals surface area contributed by atoms with Gasteiger partial charge in [0, 0.05) is 32.6 Å². The number of carbonyl (C=O) groups excluding carboxylic acids is 2. The molecule has 1 atom stereocenters. The zero-order valence-corrected chi connectivity index (χ0v) is 11.4. The van der Waals surface area contributed by atoms with Gasteiger partial charge >= 0.3 is 0 Å². The summed E-state index contributed by atoms with van der Waals surface area (Å²) in [5, 5.41) is 0. The van der Waals surface area contributed by atoms with Crippen molar-refractivity contribution in [2.24, 2.45) is 5.92 Å². The van der Waals surface area contributed by atoms with Crippen molar-refractivity contribution >= 4 is 11.8 Å². The van der Waals surface area contributed by atoms with Crippen molar-refractivity contribution in [3.8, 4) is 0 Å². The van der Waals surface area contributed by atoms with Gasteiger partial charge in [0.2, 0.25) is 11.8 Å². The second-order valence-corrected chi connectivity index (χ2v) is 5.48. The molecule has 0 aromatic heterocycles. The summed E-state index contributed by atoms with van der Waals surface area (Å²) in [6.07, 6.45) is 6.03. The monoisotopic (exact) mass is 252 g/mol. The molecule has 2 amide bonds. The van der Waals surface area contributed by atoms with Crippen LogP contribution < -0.4 is 0 Å². The zero-order valence-electron chi connectivity index (χ0n) is 11.4. The summed E-state index contributed by atoms with van der Waals surface area (Å²) in [6, 6.07) is 0. The number of unbranched alkanes of at least 4 members (excludes halogenated alkanes) is 1. The maximum absolute atomic E-state index is 12.3. The van der Waals surface area contributed by atoms with Crippen LogP contribution in [0.5, 0.6) is 0 Å². The van der Waals surface area contributed by atoms with E-state index in [2.05, 4.69) is 6.92 Å². The summed E-state index contributed by atoms with van der Waals surface area (Å²) in [4.78, 5) is 28.0. The molecule has 0 saturated carbocycles. The van der Waals surface area contributed by atoms with Crippen molar-refractivity contribution < 1.29 is 9.59 Å². The summed E-state index contributed by atoms with van der Waals surface area (Å²) in [7, 11) is 0. The Balaban J connectivity index is 1.86. The third kappa shape index (κ3) is 3.03. The molecule has 4 heteroatoms. The van der Waals surface area contributed by atoms with Crippen molar-refractivity contribution in [2.45, 2.75) is 45.4 Å². The highest BCUT2D eigenvalue weighted by atomic mass is 16.2. The van der Waals surface area contributed by atoms with Gasteiger partial charge < -0.3 is 9.80 Å². The van der Waals surface area contributed by atoms with Gasteiger partial charge in [-0.3, -0.25) is 9.59 Å². The van der Waals surface area contributed by atoms with Gasteiger partial charge in [-0.05, 0) is 25.7 Å². The van der Waals surface area contributed by atoms with E-state index < -0.39 is 0 Å². The first kappa shape index (κ1) is 13.4. The number of carbonyl (C=O) groups is 2. The van der Waals surface area contributed by atoms with E-state index in [0.29, 0.717) is 13.0 Å². The first-order valence-electron chi connectivity index (χ1n) is 7.29. The van der Waals surface area contributed by atoms with Crippen LogP contribution in [0.4, 0.5) is 0 Å². The van der Waals surface area contributed by atoms with E-state index in [4.69, 9.17) is 0 Å². The third-order valence-electron chi connectivity index (χ3n) is 4.01. The minimum atomic E-state index is -0.0764. The van der Waals surface area contributed by atoms with Crippen LogP contribution in [0.3, 0.4) is 0 Å². The highest BCUT2D eigenvalue weighted by Gasteiger charge is 2.36. The van der Waals surface area contributed by atoms with Gasteiger partial charge in [0.15, 0.2) is 0 Å². The number of hydrogen-bond donors (Lipinski definition) is 0. The van der Waals surface area contributed by atoms with E-state index in [9.17, 15) is 9.59 Å². The Bertz CT molecular complexity index is 311. The molecule has 0 aromatic carbocycles. The van der Waals surface area contributed by atoms with Crippen molar-refractivity contribution in [1.82, 2.24) is 9.80 Å². The zero-order chi connectivity index (χ0) is 13.0. The maximum Gasteiger partial charge on any atom is 0.227 e. The number of amides is 2. The molecule has 4 nitrogen and oxygen atoms in total. The molecule has 2 rings (SSSR count). The Kier molecular flexibility index (Phi) is 4.61. The molecular weight excluding hydrogens is 228 g/mol. The van der Waals surface area contributed by atoms with E-state index in [0.717, 1.165) is 45.3 Å². The molecule has 102 valence electrons. The lowest BCUT2D eigenvalue weighted by molar-refractivity contribution is -0.136. The predicted molar refractivity (Wildman–Crippen MR) is 70.0 cm³/mol. The summed E-state index contributed by atoms with van der Waals surface area (Å²) in [5.41, 5.74) is 0. The lowest BCUT2D eigenvalue weighted by atomic mass is 10.0. The normalized spacial score (nSPS) is 24.7. The second kappa shape index (κ2) is 6.21. The molecule has 0 N–H and O–H groups in total. The van der Waals surface area contributed by atoms with E-state index in [-0.39, 0.29) is 17.7 Å². The predicted octanol–water partition coefficient (Wildman–Crippen LogP) is 1.65. The fraction of sp³-hybridized carbons (Fsp3) is 0.857. The van der Waals surface area contributed by atoms with Crippen molar-refractivity contribution in [3.05, 3.63) is 0 Å². The average molecular weight is 252 g/mol. The largest absolute Gasteiger partial charge is 0.342 e. The fourth-order valence-corrected chi connectivity index (χ4v) is 2.88. The number of rotatable bonds is 4. The van der Waals surface area contributed by atoms with Crippen LogP contribution in [0, 0.1) is 5.92 Å². The molecule has 18 heavy (non-hydrogen) atoms. The van der Waals surface area contributed by atoms with Crippen LogP contribution in [-0.4, -0.2) is 47.8 Å². The Morgan fingerprint density at radius 1 is 1.28 bits per heavy atom. The molecule has 2 heterocycles. The molecule has 2 aliphatic rings. The number of hydrogen-bond acceptors (Lipinski definition) is 2. The lowest BCUT2D eigenvalue weighted by Crippen LogP contribution is -2.40. The van der Waals surface area contributed by atoms with Gasteiger partial charge in [0.25, 0.3) is 0 Å². The quantitative estimate of drug-likeness (QED) is 0.763. The Morgan fingerprint density at radius 2 is 2.00 bits per heavy atom. The van der Waals surface area contributed by atoms with Gasteiger partial charge in [-0.15, -0.1) is 0 Å². The maximum atomic E-state index is 12.3. The van der Waals surface area contributed by atoms with E-state index >= 15 is 0 Å². The number of likely N-dealkylation sites (tertiary alicyclic amines) is 2. The molecule has 1 unspecified atom stereocenters. The molecular formula is C14H24N2O2. The minimum Gasteiger partial charge on any atom is -0.342 e. The van der Waals surface area contributed by atoms with Gasteiger partial charge in [0.05, 0.1) is 5.92 Å². The van der Waals surface area contributed by atoms with E-state index in [1.165, 1.54) is 6.42 Å². The standard InChI is InChI=1S/C14H24N2O2/c1-2-3-7-16-11-12(10-13(16)17)14(18)15-8-5-4-6-9-15/h12H,2-11H2,1H3. The first-order chi connectivity index (χ1) is 8.72. The van der Waals surface area contributed by atoms with Gasteiger partial charge in [-0.2, -0.15) is 0 Å². The smallest absolute Gasteiger partial charge is 0.227 e. The summed E-state index contributed by atoms with van der Waals surface area (Å²) in [5.74, 6) is 0.299. The third-order valence-corrected chi connectivity index (χ3v) is 4.01. The van der Waals surface area contributed by atoms with Gasteiger partial charge in [-0.25, -0.2) is 0 Å². The number of nitrogens with zero attached hydrogens (tertiary/aromatic N) is 2. The molecule has 0 bridgehead atoms. The van der Waals surface area contributed by atoms with Crippen LogP contribution in [0.15, 0.2) is 0 Å². The molecule has 0 aromatic rings. The first-order valence-corrected chi connectivity index (χ1v) is 7.29. The Morgan fingerprint density at radius 3 is 2.67 bits per heavy atom. The fourth-order valence-electron chi connectivity index (χ4n) is 2.88. The van der Waals surface area contributed by atoms with Crippen molar-refractivity contribution in [3.63, 3.8) is 0 Å². The summed E-state index contributed by atoms with van der Waals surface area (Å²) >= 11 is 0. The average Bonchev–Trinajstić information content (AvgIpc) is 2.78. The molecule has 2 fully saturated rings. The Labute approximate surface area is 109 Å². The van der Waals surface area contributed by atoms with Crippen LogP contribution in [0.25, 0.3) is 0 Å². The molecule has 2 saturated heterocycles. The van der Waals surface area contributed by atoms with E-state index in [1.54, 1.807) is 0 Å². The Hall–Kier alpha value is -1.06. The van der Waals surface area contributed by atoms with Crippen LogP contribution >= 0.6 is 0 Å².